The maximum absolute atomic E-state index is 13.3. The zero-order valence-corrected chi connectivity index (χ0v) is 15.1. The van der Waals surface area contributed by atoms with E-state index in [1.165, 1.54) is 23.8 Å². The number of morpholine rings is 1. The number of carboxylic acids is 1. The molecule has 0 unspecified atom stereocenters. The van der Waals surface area contributed by atoms with Gasteiger partial charge in [0.2, 0.25) is 0 Å². The predicted molar refractivity (Wildman–Crippen MR) is 102 cm³/mol. The van der Waals surface area contributed by atoms with E-state index in [1.54, 1.807) is 6.07 Å². The summed E-state index contributed by atoms with van der Waals surface area (Å²) in [5, 5.41) is 9.37. The van der Waals surface area contributed by atoms with Crippen molar-refractivity contribution < 1.29 is 19.0 Å². The van der Waals surface area contributed by atoms with E-state index >= 15 is 0 Å². The standard InChI is InChI=1S/C21H23FN2O3/c22-19-3-1-2-18(14-19)20(21(25)26)23-15-17-6-4-16(5-7-17)8-9-24-10-12-27-13-11-24/h1-7,14H,8-13,15H2,(H,25,26). The number of aliphatic imine (C=N–C) groups is 1. The van der Waals surface area contributed by atoms with Gasteiger partial charge in [-0.1, -0.05) is 36.4 Å². The molecule has 3 rings (SSSR count). The molecule has 0 atom stereocenters. The molecule has 1 aliphatic rings. The smallest absolute Gasteiger partial charge is 0.354 e. The molecule has 0 radical (unpaired) electrons. The van der Waals surface area contributed by atoms with E-state index < -0.39 is 11.8 Å². The first-order valence-electron chi connectivity index (χ1n) is 9.03. The highest BCUT2D eigenvalue weighted by atomic mass is 19.1. The van der Waals surface area contributed by atoms with Crippen molar-refractivity contribution in [3.63, 3.8) is 0 Å². The minimum Gasteiger partial charge on any atom is -0.477 e. The van der Waals surface area contributed by atoms with Crippen LogP contribution in [0.5, 0.6) is 0 Å². The lowest BCUT2D eigenvalue weighted by molar-refractivity contribution is -0.129. The highest BCUT2D eigenvalue weighted by Gasteiger charge is 2.13. The average molecular weight is 370 g/mol. The molecule has 6 heteroatoms. The number of carbonyl (C=O) groups is 1. The molecule has 2 aromatic carbocycles. The topological polar surface area (TPSA) is 62.1 Å². The second-order valence-electron chi connectivity index (χ2n) is 6.50. The van der Waals surface area contributed by atoms with E-state index in [2.05, 4.69) is 9.89 Å². The third-order valence-corrected chi connectivity index (χ3v) is 4.56. The predicted octanol–water partition coefficient (Wildman–Crippen LogP) is 2.77. The van der Waals surface area contributed by atoms with Crippen molar-refractivity contribution in [1.29, 1.82) is 0 Å². The van der Waals surface area contributed by atoms with Gasteiger partial charge in [-0.25, -0.2) is 9.18 Å². The fourth-order valence-electron chi connectivity index (χ4n) is 3.01. The number of aliphatic carboxylic acids is 1. The number of benzene rings is 2. The zero-order valence-electron chi connectivity index (χ0n) is 15.1. The Morgan fingerprint density at radius 1 is 1.11 bits per heavy atom. The lowest BCUT2D eigenvalue weighted by Gasteiger charge is -2.26. The Bertz CT molecular complexity index is 799. The van der Waals surface area contributed by atoms with Crippen LogP contribution in [-0.2, 0) is 22.5 Å². The SMILES string of the molecule is O=C(O)C(=NCc1ccc(CCN2CCOCC2)cc1)c1cccc(F)c1. The molecule has 0 amide bonds. The van der Waals surface area contributed by atoms with Crippen LogP contribution < -0.4 is 0 Å². The summed E-state index contributed by atoms with van der Waals surface area (Å²) in [6, 6.07) is 13.5. The zero-order chi connectivity index (χ0) is 19.1. The highest BCUT2D eigenvalue weighted by molar-refractivity contribution is 6.42. The Kier molecular flexibility index (Phi) is 6.68. The van der Waals surface area contributed by atoms with Gasteiger partial charge in [0.15, 0.2) is 5.71 Å². The Morgan fingerprint density at radius 2 is 1.81 bits per heavy atom. The van der Waals surface area contributed by atoms with Crippen molar-refractivity contribution in [2.45, 2.75) is 13.0 Å². The normalized spacial score (nSPS) is 15.7. The monoisotopic (exact) mass is 370 g/mol. The van der Waals surface area contributed by atoms with Gasteiger partial charge in [-0.2, -0.15) is 0 Å². The molecule has 1 aliphatic heterocycles. The summed E-state index contributed by atoms with van der Waals surface area (Å²) >= 11 is 0. The van der Waals surface area contributed by atoms with Crippen molar-refractivity contribution >= 4 is 11.7 Å². The van der Waals surface area contributed by atoms with E-state index in [0.717, 1.165) is 44.8 Å². The summed E-state index contributed by atoms with van der Waals surface area (Å²) in [7, 11) is 0. The Hall–Kier alpha value is -2.57. The van der Waals surface area contributed by atoms with Crippen LogP contribution in [0.4, 0.5) is 4.39 Å². The molecule has 2 aromatic rings. The first-order chi connectivity index (χ1) is 13.1. The molecular formula is C21H23FN2O3. The van der Waals surface area contributed by atoms with Crippen LogP contribution in [0, 0.1) is 5.82 Å². The molecule has 0 saturated carbocycles. The molecule has 0 aromatic heterocycles. The lowest BCUT2D eigenvalue weighted by Crippen LogP contribution is -2.37. The fraction of sp³-hybridized carbons (Fsp3) is 0.333. The van der Waals surface area contributed by atoms with Crippen LogP contribution in [0.25, 0.3) is 0 Å². The van der Waals surface area contributed by atoms with Gasteiger partial charge in [-0.05, 0) is 29.7 Å². The van der Waals surface area contributed by atoms with Gasteiger partial charge >= 0.3 is 5.97 Å². The van der Waals surface area contributed by atoms with Crippen LogP contribution in [0.2, 0.25) is 0 Å². The number of hydrogen-bond acceptors (Lipinski definition) is 4. The Balaban J connectivity index is 1.60. The highest BCUT2D eigenvalue weighted by Crippen LogP contribution is 2.11. The van der Waals surface area contributed by atoms with Crippen molar-refractivity contribution in [3.05, 3.63) is 71.0 Å². The molecule has 1 heterocycles. The first kappa shape index (κ1) is 19.2. The van der Waals surface area contributed by atoms with Gasteiger partial charge in [0.1, 0.15) is 5.82 Å². The summed E-state index contributed by atoms with van der Waals surface area (Å²) in [4.78, 5) is 18.0. The van der Waals surface area contributed by atoms with Crippen LogP contribution in [0.1, 0.15) is 16.7 Å². The molecule has 0 spiro atoms. The average Bonchev–Trinajstić information content (AvgIpc) is 2.68. The van der Waals surface area contributed by atoms with Gasteiger partial charge in [0.05, 0.1) is 19.8 Å². The molecule has 1 saturated heterocycles. The van der Waals surface area contributed by atoms with Gasteiger partial charge in [0, 0.05) is 25.2 Å². The summed E-state index contributed by atoms with van der Waals surface area (Å²) in [6.07, 6.45) is 0.965. The van der Waals surface area contributed by atoms with Gasteiger partial charge < -0.3 is 9.84 Å². The minimum absolute atomic E-state index is 0.133. The van der Waals surface area contributed by atoms with Crippen LogP contribution in [-0.4, -0.2) is 54.5 Å². The molecular weight excluding hydrogens is 347 g/mol. The van der Waals surface area contributed by atoms with Gasteiger partial charge in [0.25, 0.3) is 0 Å². The number of rotatable bonds is 7. The second kappa shape index (κ2) is 9.39. The maximum Gasteiger partial charge on any atom is 0.354 e. The lowest BCUT2D eigenvalue weighted by atomic mass is 10.1. The van der Waals surface area contributed by atoms with Crippen LogP contribution in [0.15, 0.2) is 53.5 Å². The molecule has 0 aliphatic carbocycles. The molecule has 1 N–H and O–H groups in total. The molecule has 142 valence electrons. The van der Waals surface area contributed by atoms with Crippen LogP contribution in [0.3, 0.4) is 0 Å². The van der Waals surface area contributed by atoms with Crippen molar-refractivity contribution in [1.82, 2.24) is 4.90 Å². The molecule has 0 bridgehead atoms. The summed E-state index contributed by atoms with van der Waals surface area (Å²) < 4.78 is 18.7. The maximum atomic E-state index is 13.3. The van der Waals surface area contributed by atoms with Gasteiger partial charge in [-0.15, -0.1) is 0 Å². The number of nitrogens with zero attached hydrogens (tertiary/aromatic N) is 2. The number of carboxylic acid groups (broad SMARTS) is 1. The third kappa shape index (κ3) is 5.70. The first-order valence-corrected chi connectivity index (χ1v) is 9.03. The van der Waals surface area contributed by atoms with E-state index in [4.69, 9.17) is 4.74 Å². The fourth-order valence-corrected chi connectivity index (χ4v) is 3.01. The van der Waals surface area contributed by atoms with E-state index in [1.807, 2.05) is 24.3 Å². The Morgan fingerprint density at radius 3 is 2.48 bits per heavy atom. The number of ether oxygens (including phenoxy) is 1. The van der Waals surface area contributed by atoms with Crippen molar-refractivity contribution in [2.75, 3.05) is 32.8 Å². The van der Waals surface area contributed by atoms with E-state index in [0.29, 0.717) is 0 Å². The summed E-state index contributed by atoms with van der Waals surface area (Å²) in [5.41, 5.74) is 2.29. The summed E-state index contributed by atoms with van der Waals surface area (Å²) in [6.45, 7) is 4.80. The van der Waals surface area contributed by atoms with E-state index in [9.17, 15) is 14.3 Å². The Labute approximate surface area is 158 Å². The largest absolute Gasteiger partial charge is 0.477 e. The van der Waals surface area contributed by atoms with Crippen LogP contribution >= 0.6 is 0 Å². The third-order valence-electron chi connectivity index (χ3n) is 4.56. The van der Waals surface area contributed by atoms with E-state index in [-0.39, 0.29) is 17.8 Å². The number of halogens is 1. The van der Waals surface area contributed by atoms with Gasteiger partial charge in [-0.3, -0.25) is 9.89 Å². The molecule has 27 heavy (non-hydrogen) atoms. The summed E-state index contributed by atoms with van der Waals surface area (Å²) in [5.74, 6) is -1.64. The minimum atomic E-state index is -1.16. The van der Waals surface area contributed by atoms with Crippen molar-refractivity contribution in [3.8, 4) is 0 Å². The molecule has 1 fully saturated rings. The molecule has 5 nitrogen and oxygen atoms in total. The second-order valence-corrected chi connectivity index (χ2v) is 6.50. The van der Waals surface area contributed by atoms with Crippen molar-refractivity contribution in [2.24, 2.45) is 4.99 Å². The number of hydrogen-bond donors (Lipinski definition) is 1. The quantitative estimate of drug-likeness (QED) is 0.762.